The third-order valence-electron chi connectivity index (χ3n) is 3.89. The predicted octanol–water partition coefficient (Wildman–Crippen LogP) is 4.19. The normalized spacial score (nSPS) is 10.5. The maximum atomic E-state index is 5.76. The number of nitrogens with zero attached hydrogens (tertiary/aromatic N) is 1. The standard InChI is InChI=1S/C21H22N2O2/c1-2-24-20-12-17(8-9-18(20)13-22)19-10-11-21(23-14-19)25-15-16-6-4-3-5-7-16/h3-12,14H,2,13,15,22H2,1H3. The summed E-state index contributed by atoms with van der Waals surface area (Å²) in [5.74, 6) is 1.43. The summed E-state index contributed by atoms with van der Waals surface area (Å²) in [5.41, 5.74) is 9.94. The van der Waals surface area contributed by atoms with Crippen molar-refractivity contribution in [1.82, 2.24) is 4.98 Å². The zero-order valence-corrected chi connectivity index (χ0v) is 14.3. The molecule has 0 atom stereocenters. The first-order valence-electron chi connectivity index (χ1n) is 8.39. The highest BCUT2D eigenvalue weighted by molar-refractivity contribution is 5.65. The third-order valence-corrected chi connectivity index (χ3v) is 3.89. The Kier molecular flexibility index (Phi) is 5.65. The van der Waals surface area contributed by atoms with Crippen molar-refractivity contribution in [3.05, 3.63) is 78.0 Å². The second-order valence-electron chi connectivity index (χ2n) is 5.62. The highest BCUT2D eigenvalue weighted by Crippen LogP contribution is 2.27. The lowest BCUT2D eigenvalue weighted by Crippen LogP contribution is -2.02. The van der Waals surface area contributed by atoms with Gasteiger partial charge in [0.1, 0.15) is 12.4 Å². The number of hydrogen-bond donors (Lipinski definition) is 1. The van der Waals surface area contributed by atoms with Gasteiger partial charge in [-0.2, -0.15) is 0 Å². The lowest BCUT2D eigenvalue weighted by Gasteiger charge is -2.11. The summed E-state index contributed by atoms with van der Waals surface area (Å²) in [6.07, 6.45) is 1.81. The molecule has 0 aliphatic carbocycles. The molecule has 0 bridgehead atoms. The van der Waals surface area contributed by atoms with Crippen molar-refractivity contribution in [3.8, 4) is 22.8 Å². The van der Waals surface area contributed by atoms with Crippen molar-refractivity contribution >= 4 is 0 Å². The molecule has 0 spiro atoms. The molecular weight excluding hydrogens is 312 g/mol. The van der Waals surface area contributed by atoms with Crippen LogP contribution in [-0.2, 0) is 13.2 Å². The number of aromatic nitrogens is 1. The topological polar surface area (TPSA) is 57.4 Å². The van der Waals surface area contributed by atoms with Crippen LogP contribution >= 0.6 is 0 Å². The summed E-state index contributed by atoms with van der Waals surface area (Å²) >= 11 is 0. The van der Waals surface area contributed by atoms with Crippen LogP contribution in [0.1, 0.15) is 18.1 Å². The van der Waals surface area contributed by atoms with Gasteiger partial charge in [-0.3, -0.25) is 0 Å². The molecule has 1 aromatic heterocycles. The van der Waals surface area contributed by atoms with E-state index in [0.717, 1.165) is 28.0 Å². The average Bonchev–Trinajstić information content (AvgIpc) is 2.68. The summed E-state index contributed by atoms with van der Waals surface area (Å²) in [4.78, 5) is 4.40. The maximum absolute atomic E-state index is 5.76. The van der Waals surface area contributed by atoms with E-state index in [1.165, 1.54) is 0 Å². The van der Waals surface area contributed by atoms with Crippen LogP contribution in [0.15, 0.2) is 66.9 Å². The van der Waals surface area contributed by atoms with E-state index in [-0.39, 0.29) is 0 Å². The Morgan fingerprint density at radius 2 is 1.72 bits per heavy atom. The SMILES string of the molecule is CCOc1cc(-c2ccc(OCc3ccccc3)nc2)ccc1CN. The zero-order valence-electron chi connectivity index (χ0n) is 14.3. The van der Waals surface area contributed by atoms with E-state index in [0.29, 0.717) is 25.6 Å². The van der Waals surface area contributed by atoms with E-state index in [1.54, 1.807) is 0 Å². The molecule has 25 heavy (non-hydrogen) atoms. The monoisotopic (exact) mass is 334 g/mol. The molecule has 0 saturated carbocycles. The van der Waals surface area contributed by atoms with Crippen LogP contribution in [0.25, 0.3) is 11.1 Å². The van der Waals surface area contributed by atoms with Crippen molar-refractivity contribution in [2.75, 3.05) is 6.61 Å². The fourth-order valence-corrected chi connectivity index (χ4v) is 2.56. The van der Waals surface area contributed by atoms with Gasteiger partial charge in [0.05, 0.1) is 6.61 Å². The van der Waals surface area contributed by atoms with E-state index in [9.17, 15) is 0 Å². The molecular formula is C21H22N2O2. The summed E-state index contributed by atoms with van der Waals surface area (Å²) in [6, 6.07) is 20.0. The van der Waals surface area contributed by atoms with Gasteiger partial charge in [-0.1, -0.05) is 42.5 Å². The Morgan fingerprint density at radius 1 is 0.920 bits per heavy atom. The van der Waals surface area contributed by atoms with E-state index < -0.39 is 0 Å². The van der Waals surface area contributed by atoms with Crippen LogP contribution < -0.4 is 15.2 Å². The minimum atomic E-state index is 0.458. The first-order chi connectivity index (χ1) is 12.3. The predicted molar refractivity (Wildman–Crippen MR) is 99.5 cm³/mol. The van der Waals surface area contributed by atoms with Gasteiger partial charge in [0.2, 0.25) is 5.88 Å². The fourth-order valence-electron chi connectivity index (χ4n) is 2.56. The Balaban J connectivity index is 1.72. The van der Waals surface area contributed by atoms with Crippen molar-refractivity contribution in [1.29, 1.82) is 0 Å². The molecule has 4 nitrogen and oxygen atoms in total. The summed E-state index contributed by atoms with van der Waals surface area (Å²) in [6.45, 7) is 3.54. The van der Waals surface area contributed by atoms with E-state index in [4.69, 9.17) is 15.2 Å². The molecule has 0 saturated heterocycles. The van der Waals surface area contributed by atoms with Crippen molar-refractivity contribution in [3.63, 3.8) is 0 Å². The molecule has 1 heterocycles. The number of ether oxygens (including phenoxy) is 2. The summed E-state index contributed by atoms with van der Waals surface area (Å²) in [7, 11) is 0. The number of nitrogens with two attached hydrogens (primary N) is 1. The number of hydrogen-bond acceptors (Lipinski definition) is 4. The van der Waals surface area contributed by atoms with Gasteiger partial charge in [-0.25, -0.2) is 4.98 Å². The second kappa shape index (κ2) is 8.31. The van der Waals surface area contributed by atoms with Gasteiger partial charge >= 0.3 is 0 Å². The van der Waals surface area contributed by atoms with Gasteiger partial charge in [-0.15, -0.1) is 0 Å². The summed E-state index contributed by atoms with van der Waals surface area (Å²) < 4.78 is 11.4. The highest BCUT2D eigenvalue weighted by Gasteiger charge is 2.06. The van der Waals surface area contributed by atoms with Crippen molar-refractivity contribution < 1.29 is 9.47 Å². The molecule has 2 aromatic carbocycles. The van der Waals surface area contributed by atoms with E-state index in [1.807, 2.05) is 73.8 Å². The van der Waals surface area contributed by atoms with Crippen LogP contribution in [0, 0.1) is 0 Å². The molecule has 2 N–H and O–H groups in total. The maximum Gasteiger partial charge on any atom is 0.213 e. The number of rotatable bonds is 7. The Bertz CT molecular complexity index is 802. The molecule has 0 amide bonds. The smallest absolute Gasteiger partial charge is 0.213 e. The first kappa shape index (κ1) is 17.0. The van der Waals surface area contributed by atoms with Crippen LogP contribution in [0.4, 0.5) is 0 Å². The Labute approximate surface area is 148 Å². The van der Waals surface area contributed by atoms with Gasteiger partial charge in [0.15, 0.2) is 0 Å². The molecule has 128 valence electrons. The van der Waals surface area contributed by atoms with Crippen LogP contribution in [0.5, 0.6) is 11.6 Å². The van der Waals surface area contributed by atoms with Gasteiger partial charge in [0.25, 0.3) is 0 Å². The van der Waals surface area contributed by atoms with Gasteiger partial charge in [0, 0.05) is 29.9 Å². The molecule has 0 radical (unpaired) electrons. The highest BCUT2D eigenvalue weighted by atomic mass is 16.5. The minimum absolute atomic E-state index is 0.458. The van der Waals surface area contributed by atoms with Crippen LogP contribution in [0.3, 0.4) is 0 Å². The van der Waals surface area contributed by atoms with E-state index in [2.05, 4.69) is 4.98 Å². The largest absolute Gasteiger partial charge is 0.494 e. The van der Waals surface area contributed by atoms with E-state index >= 15 is 0 Å². The molecule has 0 unspecified atom stereocenters. The molecule has 3 aromatic rings. The van der Waals surface area contributed by atoms with Crippen LogP contribution in [-0.4, -0.2) is 11.6 Å². The minimum Gasteiger partial charge on any atom is -0.494 e. The van der Waals surface area contributed by atoms with Crippen molar-refractivity contribution in [2.45, 2.75) is 20.1 Å². The molecule has 0 aliphatic rings. The number of pyridine rings is 1. The molecule has 4 heteroatoms. The molecule has 3 rings (SSSR count). The lowest BCUT2D eigenvalue weighted by atomic mass is 10.0. The average molecular weight is 334 g/mol. The number of benzene rings is 2. The molecule has 0 fully saturated rings. The van der Waals surface area contributed by atoms with Crippen LogP contribution in [0.2, 0.25) is 0 Å². The fraction of sp³-hybridized carbons (Fsp3) is 0.190. The quantitative estimate of drug-likeness (QED) is 0.704. The Hall–Kier alpha value is -2.85. The third kappa shape index (κ3) is 4.37. The van der Waals surface area contributed by atoms with Gasteiger partial charge in [-0.05, 0) is 30.2 Å². The van der Waals surface area contributed by atoms with Crippen molar-refractivity contribution in [2.24, 2.45) is 5.73 Å². The first-order valence-corrected chi connectivity index (χ1v) is 8.39. The Morgan fingerprint density at radius 3 is 2.40 bits per heavy atom. The summed E-state index contributed by atoms with van der Waals surface area (Å²) in [5, 5.41) is 0. The van der Waals surface area contributed by atoms with Gasteiger partial charge < -0.3 is 15.2 Å². The lowest BCUT2D eigenvalue weighted by molar-refractivity contribution is 0.294. The zero-order chi connectivity index (χ0) is 17.5. The second-order valence-corrected chi connectivity index (χ2v) is 5.62. The molecule has 0 aliphatic heterocycles.